The Morgan fingerprint density at radius 1 is 1.32 bits per heavy atom. The lowest BCUT2D eigenvalue weighted by molar-refractivity contribution is -0.157. The monoisotopic (exact) mass is 460 g/mol. The van der Waals surface area contributed by atoms with E-state index in [1.807, 2.05) is 6.92 Å². The van der Waals surface area contributed by atoms with Crippen molar-refractivity contribution in [2.75, 3.05) is 18.3 Å². The van der Waals surface area contributed by atoms with Crippen LogP contribution in [-0.2, 0) is 19.7 Å². The van der Waals surface area contributed by atoms with Gasteiger partial charge >= 0.3 is 5.97 Å². The van der Waals surface area contributed by atoms with Crippen LogP contribution in [0.5, 0.6) is 0 Å². The molecule has 0 saturated heterocycles. The third-order valence-electron chi connectivity index (χ3n) is 7.18. The number of methoxy groups -OCH3 is 1. The van der Waals surface area contributed by atoms with Crippen LogP contribution in [0.3, 0.4) is 0 Å². The first kappa shape index (κ1) is 22.3. The van der Waals surface area contributed by atoms with Crippen molar-refractivity contribution >= 4 is 39.9 Å². The van der Waals surface area contributed by atoms with Crippen molar-refractivity contribution in [2.45, 2.75) is 64.2 Å². The van der Waals surface area contributed by atoms with Crippen LogP contribution in [0.2, 0.25) is 0 Å². The Kier molecular flexibility index (Phi) is 5.67. The number of alkyl halides is 1. The molecule has 2 aliphatic carbocycles. The first-order chi connectivity index (χ1) is 14.7. The summed E-state index contributed by atoms with van der Waals surface area (Å²) >= 11 is 7.17. The first-order valence-corrected chi connectivity index (χ1v) is 12.1. The van der Waals surface area contributed by atoms with Gasteiger partial charge in [0.1, 0.15) is 5.88 Å². The lowest BCUT2D eigenvalue weighted by atomic mass is 9.50. The maximum Gasteiger partial charge on any atom is 0.312 e. The zero-order valence-electron chi connectivity index (χ0n) is 18.7. The SMILES string of the molecule is COC(=O)[C@]1(C)CCC[C@]2(C)c3ccc(C(C)C)cc3-c3nc(NC(=O)CCl)sc3C12. The molecule has 1 heterocycles. The smallest absolute Gasteiger partial charge is 0.312 e. The number of esters is 1. The van der Waals surface area contributed by atoms with Crippen molar-refractivity contribution in [3.8, 4) is 11.3 Å². The molecule has 0 spiro atoms. The Morgan fingerprint density at radius 2 is 2.06 bits per heavy atom. The third-order valence-corrected chi connectivity index (χ3v) is 8.46. The number of halogens is 1. The third kappa shape index (κ3) is 3.39. The Labute approximate surface area is 192 Å². The van der Waals surface area contributed by atoms with Crippen LogP contribution in [0.4, 0.5) is 5.13 Å². The van der Waals surface area contributed by atoms with Crippen molar-refractivity contribution in [2.24, 2.45) is 5.41 Å². The van der Waals surface area contributed by atoms with E-state index in [1.165, 1.54) is 29.6 Å². The quantitative estimate of drug-likeness (QED) is 0.460. The van der Waals surface area contributed by atoms with Crippen LogP contribution in [0, 0.1) is 5.41 Å². The zero-order chi connectivity index (χ0) is 22.6. The Balaban J connectivity index is 1.98. The lowest BCUT2D eigenvalue weighted by Crippen LogP contribution is -2.50. The predicted octanol–water partition coefficient (Wildman–Crippen LogP) is 5.83. The van der Waals surface area contributed by atoms with Crippen LogP contribution in [0.25, 0.3) is 11.3 Å². The predicted molar refractivity (Wildman–Crippen MR) is 125 cm³/mol. The van der Waals surface area contributed by atoms with Gasteiger partial charge in [-0.1, -0.05) is 39.3 Å². The number of nitrogens with zero attached hydrogens (tertiary/aromatic N) is 1. The van der Waals surface area contributed by atoms with Gasteiger partial charge in [-0.15, -0.1) is 22.9 Å². The first-order valence-electron chi connectivity index (χ1n) is 10.8. The van der Waals surface area contributed by atoms with Gasteiger partial charge in [-0.2, -0.15) is 0 Å². The van der Waals surface area contributed by atoms with Crippen molar-refractivity contribution in [1.29, 1.82) is 0 Å². The highest BCUT2D eigenvalue weighted by atomic mass is 35.5. The maximum absolute atomic E-state index is 13.1. The Hall–Kier alpha value is -1.92. The van der Waals surface area contributed by atoms with Gasteiger partial charge < -0.3 is 10.1 Å². The van der Waals surface area contributed by atoms with Crippen LogP contribution in [0.1, 0.15) is 74.8 Å². The van der Waals surface area contributed by atoms with Crippen LogP contribution in [-0.4, -0.2) is 29.9 Å². The molecule has 31 heavy (non-hydrogen) atoms. The second-order valence-electron chi connectivity index (χ2n) is 9.49. The molecule has 0 aliphatic heterocycles. The standard InChI is InChI=1S/C24H29ClN2O3S/c1-13(2)14-7-8-16-15(11-14)18-19(31-22(27-18)26-17(28)12-25)20-23(16,3)9-6-10-24(20,4)21(29)30-5/h7-8,11,13,20H,6,9-10,12H2,1-5H3,(H,26,27,28)/t20?,23-,24-/m1/s1. The summed E-state index contributed by atoms with van der Waals surface area (Å²) in [6.07, 6.45) is 2.70. The summed E-state index contributed by atoms with van der Waals surface area (Å²) in [5, 5.41) is 3.34. The van der Waals surface area contributed by atoms with Gasteiger partial charge in [-0.3, -0.25) is 9.59 Å². The minimum Gasteiger partial charge on any atom is -0.469 e. The van der Waals surface area contributed by atoms with E-state index in [-0.39, 0.29) is 29.1 Å². The lowest BCUT2D eigenvalue weighted by Gasteiger charge is -2.53. The molecule has 1 fully saturated rings. The number of fused-ring (bicyclic) bond motifs is 6. The van der Waals surface area contributed by atoms with E-state index in [4.69, 9.17) is 21.3 Å². The molecule has 1 amide bonds. The molecule has 1 N–H and O–H groups in total. The molecule has 1 saturated carbocycles. The normalized spacial score (nSPS) is 26.6. The molecule has 3 atom stereocenters. The number of aromatic nitrogens is 1. The summed E-state index contributed by atoms with van der Waals surface area (Å²) in [6, 6.07) is 6.65. The molecule has 1 unspecified atom stereocenters. The Bertz CT molecular complexity index is 1050. The highest BCUT2D eigenvalue weighted by molar-refractivity contribution is 7.16. The van der Waals surface area contributed by atoms with E-state index in [1.54, 1.807) is 0 Å². The van der Waals surface area contributed by atoms with E-state index in [0.29, 0.717) is 11.0 Å². The van der Waals surface area contributed by atoms with Crippen molar-refractivity contribution in [3.05, 3.63) is 34.2 Å². The number of hydrogen-bond acceptors (Lipinski definition) is 5. The number of rotatable bonds is 4. The molecule has 7 heteroatoms. The fraction of sp³-hybridized carbons (Fsp3) is 0.542. The summed E-state index contributed by atoms with van der Waals surface area (Å²) in [5.74, 6) is -0.283. The summed E-state index contributed by atoms with van der Waals surface area (Å²) in [4.78, 5) is 30.9. The Morgan fingerprint density at radius 3 is 2.71 bits per heavy atom. The van der Waals surface area contributed by atoms with Crippen LogP contribution in [0.15, 0.2) is 18.2 Å². The molecule has 2 aromatic rings. The minimum absolute atomic E-state index is 0.0762. The zero-order valence-corrected chi connectivity index (χ0v) is 20.2. The topological polar surface area (TPSA) is 68.3 Å². The van der Waals surface area contributed by atoms with Gasteiger partial charge in [-0.05, 0) is 42.9 Å². The van der Waals surface area contributed by atoms with E-state index in [2.05, 4.69) is 44.3 Å². The van der Waals surface area contributed by atoms with E-state index in [9.17, 15) is 9.59 Å². The van der Waals surface area contributed by atoms with Gasteiger partial charge in [0.05, 0.1) is 18.2 Å². The highest BCUT2D eigenvalue weighted by Gasteiger charge is 2.58. The fourth-order valence-corrected chi connectivity index (χ4v) is 7.15. The number of benzene rings is 1. The van der Waals surface area contributed by atoms with E-state index < -0.39 is 5.41 Å². The molecule has 4 rings (SSSR count). The second-order valence-corrected chi connectivity index (χ2v) is 10.8. The number of thiazole rings is 1. The molecule has 0 bridgehead atoms. The van der Waals surface area contributed by atoms with Crippen molar-refractivity contribution < 1.29 is 14.3 Å². The van der Waals surface area contributed by atoms with Crippen molar-refractivity contribution in [1.82, 2.24) is 4.98 Å². The van der Waals surface area contributed by atoms with Gasteiger partial charge in [0, 0.05) is 21.8 Å². The number of ether oxygens (including phenoxy) is 1. The minimum atomic E-state index is -0.662. The summed E-state index contributed by atoms with van der Waals surface area (Å²) in [5.41, 5.74) is 3.57. The molecular formula is C24H29ClN2O3S. The largest absolute Gasteiger partial charge is 0.469 e. The van der Waals surface area contributed by atoms with Crippen molar-refractivity contribution in [3.63, 3.8) is 0 Å². The molecule has 1 aromatic heterocycles. The number of amides is 1. The molecule has 2 aliphatic rings. The van der Waals surface area contributed by atoms with E-state index >= 15 is 0 Å². The average Bonchev–Trinajstić information content (AvgIpc) is 3.15. The highest BCUT2D eigenvalue weighted by Crippen LogP contribution is 2.64. The molecule has 5 nitrogen and oxygen atoms in total. The van der Waals surface area contributed by atoms with Crippen LogP contribution >= 0.6 is 22.9 Å². The second kappa shape index (κ2) is 7.89. The summed E-state index contributed by atoms with van der Waals surface area (Å²) in [7, 11) is 1.46. The fourth-order valence-electron chi connectivity index (χ4n) is 5.68. The van der Waals surface area contributed by atoms with Crippen LogP contribution < -0.4 is 5.32 Å². The number of anilines is 1. The molecule has 166 valence electrons. The van der Waals surface area contributed by atoms with E-state index in [0.717, 1.165) is 35.4 Å². The number of carbonyl (C=O) groups excluding carboxylic acids is 2. The number of carbonyl (C=O) groups is 2. The maximum atomic E-state index is 13.1. The number of nitrogens with one attached hydrogen (secondary N) is 1. The molecular weight excluding hydrogens is 432 g/mol. The average molecular weight is 461 g/mol. The van der Waals surface area contributed by atoms with Gasteiger partial charge in [0.25, 0.3) is 0 Å². The van der Waals surface area contributed by atoms with Gasteiger partial charge in [-0.25, -0.2) is 4.98 Å². The summed E-state index contributed by atoms with van der Waals surface area (Å²) < 4.78 is 5.29. The molecule has 0 radical (unpaired) electrons. The van der Waals surface area contributed by atoms with Gasteiger partial charge in [0.15, 0.2) is 5.13 Å². The molecule has 1 aromatic carbocycles. The number of hydrogen-bond donors (Lipinski definition) is 1. The van der Waals surface area contributed by atoms with Gasteiger partial charge in [0.2, 0.25) is 5.91 Å². The summed E-state index contributed by atoms with van der Waals surface area (Å²) in [6.45, 7) is 8.65.